The summed E-state index contributed by atoms with van der Waals surface area (Å²) in [7, 11) is 1.53. The summed E-state index contributed by atoms with van der Waals surface area (Å²) in [6.07, 6.45) is 1.49. The highest BCUT2D eigenvalue weighted by Gasteiger charge is 2.08. The topological polar surface area (TPSA) is 101 Å². The number of benzene rings is 1. The first kappa shape index (κ1) is 18.5. The van der Waals surface area contributed by atoms with Gasteiger partial charge in [0.1, 0.15) is 12.3 Å². The molecule has 25 heavy (non-hydrogen) atoms. The predicted molar refractivity (Wildman–Crippen MR) is 96.2 cm³/mol. The van der Waals surface area contributed by atoms with Crippen LogP contribution in [0.3, 0.4) is 0 Å². The quantitative estimate of drug-likeness (QED) is 0.615. The van der Waals surface area contributed by atoms with E-state index < -0.39 is 11.8 Å². The minimum atomic E-state index is -0.522. The molecule has 2 amide bonds. The molecule has 0 atom stereocenters. The normalized spacial score (nSPS) is 10.0. The van der Waals surface area contributed by atoms with Gasteiger partial charge in [0, 0.05) is 16.7 Å². The Morgan fingerprint density at radius 2 is 1.84 bits per heavy atom. The Morgan fingerprint density at radius 1 is 1.12 bits per heavy atom. The summed E-state index contributed by atoms with van der Waals surface area (Å²) in [6, 6.07) is 10.1. The van der Waals surface area contributed by atoms with Crippen LogP contribution in [0.1, 0.15) is 0 Å². The molecule has 0 bridgehead atoms. The molecule has 1 aromatic heterocycles. The van der Waals surface area contributed by atoms with Crippen LogP contribution in [0.25, 0.3) is 0 Å². The number of halogens is 1. The summed E-state index contributed by atoms with van der Waals surface area (Å²) in [5.41, 5.74) is 4.88. The van der Waals surface area contributed by atoms with Gasteiger partial charge in [0.05, 0.1) is 19.3 Å². The zero-order chi connectivity index (χ0) is 18.2. The smallest absolute Gasteiger partial charge is 0.258 e. The molecule has 0 aliphatic heterocycles. The van der Waals surface area contributed by atoms with Crippen LogP contribution in [0.2, 0.25) is 0 Å². The number of amides is 2. The molecule has 0 saturated carbocycles. The lowest BCUT2D eigenvalue weighted by Crippen LogP contribution is -2.46. The fraction of sp³-hybridized carbons (Fsp3) is 0.188. The summed E-state index contributed by atoms with van der Waals surface area (Å²) in [4.78, 5) is 35.2. The van der Waals surface area contributed by atoms with Gasteiger partial charge in [-0.3, -0.25) is 25.2 Å². The minimum Gasteiger partial charge on any atom is -0.495 e. The lowest BCUT2D eigenvalue weighted by Gasteiger charge is -2.12. The first-order chi connectivity index (χ1) is 12.0. The predicted octanol–water partition coefficient (Wildman–Crippen LogP) is 0.879. The zero-order valence-corrected chi connectivity index (χ0v) is 15.0. The van der Waals surface area contributed by atoms with Crippen molar-refractivity contribution in [1.82, 2.24) is 15.4 Å². The molecule has 0 saturated heterocycles. The SMILES string of the molecule is COc1ccccc1NCC(=O)NNC(=O)Cn1cc(Br)ccc1=O. The van der Waals surface area contributed by atoms with E-state index in [0.717, 1.165) is 0 Å². The van der Waals surface area contributed by atoms with E-state index in [9.17, 15) is 14.4 Å². The fourth-order valence-electron chi connectivity index (χ4n) is 1.97. The van der Waals surface area contributed by atoms with E-state index in [4.69, 9.17) is 4.74 Å². The van der Waals surface area contributed by atoms with Crippen LogP contribution in [0.4, 0.5) is 5.69 Å². The van der Waals surface area contributed by atoms with Gasteiger partial charge in [0.2, 0.25) is 0 Å². The molecule has 0 fully saturated rings. The van der Waals surface area contributed by atoms with Crippen molar-refractivity contribution < 1.29 is 14.3 Å². The lowest BCUT2D eigenvalue weighted by atomic mass is 10.3. The lowest BCUT2D eigenvalue weighted by molar-refractivity contribution is -0.128. The van der Waals surface area contributed by atoms with Crippen LogP contribution in [0, 0.1) is 0 Å². The number of hydrogen-bond acceptors (Lipinski definition) is 5. The number of anilines is 1. The summed E-state index contributed by atoms with van der Waals surface area (Å²) < 4.78 is 7.06. The maximum atomic E-state index is 11.8. The molecule has 132 valence electrons. The zero-order valence-electron chi connectivity index (χ0n) is 13.4. The van der Waals surface area contributed by atoms with Crippen molar-refractivity contribution in [1.29, 1.82) is 0 Å². The summed E-state index contributed by atoms with van der Waals surface area (Å²) in [6.45, 7) is -0.268. The minimum absolute atomic E-state index is 0.0580. The highest BCUT2D eigenvalue weighted by Crippen LogP contribution is 2.22. The first-order valence-corrected chi connectivity index (χ1v) is 8.09. The second-order valence-corrected chi connectivity index (χ2v) is 5.88. The van der Waals surface area contributed by atoms with Gasteiger partial charge in [-0.2, -0.15) is 0 Å². The Kier molecular flexibility index (Phi) is 6.58. The van der Waals surface area contributed by atoms with E-state index in [0.29, 0.717) is 15.9 Å². The number of aromatic nitrogens is 1. The van der Waals surface area contributed by atoms with E-state index in [2.05, 4.69) is 32.1 Å². The number of carbonyl (C=O) groups excluding carboxylic acids is 2. The molecular weight excluding hydrogens is 392 g/mol. The first-order valence-electron chi connectivity index (χ1n) is 7.30. The molecule has 0 spiro atoms. The van der Waals surface area contributed by atoms with Gasteiger partial charge < -0.3 is 14.6 Å². The third-order valence-electron chi connectivity index (χ3n) is 3.15. The summed E-state index contributed by atoms with van der Waals surface area (Å²) in [5, 5.41) is 2.90. The van der Waals surface area contributed by atoms with Crippen molar-refractivity contribution >= 4 is 33.4 Å². The van der Waals surface area contributed by atoms with Crippen LogP contribution in [0.5, 0.6) is 5.75 Å². The number of hydrazine groups is 1. The Morgan fingerprint density at radius 3 is 2.60 bits per heavy atom. The molecule has 1 aromatic carbocycles. The number of nitrogens with one attached hydrogen (secondary N) is 3. The van der Waals surface area contributed by atoms with E-state index >= 15 is 0 Å². The molecule has 0 aliphatic rings. The third-order valence-corrected chi connectivity index (χ3v) is 3.62. The molecule has 3 N–H and O–H groups in total. The maximum Gasteiger partial charge on any atom is 0.258 e. The molecular formula is C16H17BrN4O4. The van der Waals surface area contributed by atoms with Gasteiger partial charge in [0.25, 0.3) is 17.4 Å². The van der Waals surface area contributed by atoms with Crippen molar-refractivity contribution in [3.63, 3.8) is 0 Å². The number of nitrogens with zero attached hydrogens (tertiary/aromatic N) is 1. The van der Waals surface area contributed by atoms with Crippen LogP contribution < -0.4 is 26.5 Å². The number of rotatable bonds is 6. The Bertz CT molecular complexity index is 822. The summed E-state index contributed by atoms with van der Waals surface area (Å²) in [5.74, 6) is -0.361. The largest absolute Gasteiger partial charge is 0.495 e. The molecule has 2 aromatic rings. The van der Waals surface area contributed by atoms with E-state index in [1.165, 1.54) is 23.9 Å². The van der Waals surface area contributed by atoms with Crippen LogP contribution in [-0.2, 0) is 16.1 Å². The molecule has 0 radical (unpaired) electrons. The number of carbonyl (C=O) groups is 2. The third kappa shape index (κ3) is 5.64. The van der Waals surface area contributed by atoms with Gasteiger partial charge in [-0.1, -0.05) is 12.1 Å². The van der Waals surface area contributed by atoms with Gasteiger partial charge in [-0.25, -0.2) is 0 Å². The number of hydrogen-bond donors (Lipinski definition) is 3. The van der Waals surface area contributed by atoms with Gasteiger partial charge in [-0.15, -0.1) is 0 Å². The van der Waals surface area contributed by atoms with Crippen molar-refractivity contribution in [2.24, 2.45) is 0 Å². The molecule has 1 heterocycles. The van der Waals surface area contributed by atoms with Gasteiger partial charge in [0.15, 0.2) is 0 Å². The average molecular weight is 409 g/mol. The van der Waals surface area contributed by atoms with Crippen molar-refractivity contribution in [3.05, 3.63) is 57.4 Å². The second-order valence-electron chi connectivity index (χ2n) is 4.96. The molecule has 0 unspecified atom stereocenters. The van der Waals surface area contributed by atoms with E-state index in [1.807, 2.05) is 6.07 Å². The monoisotopic (exact) mass is 408 g/mol. The Balaban J connectivity index is 1.80. The number of methoxy groups -OCH3 is 1. The van der Waals surface area contributed by atoms with Crippen LogP contribution >= 0.6 is 15.9 Å². The average Bonchev–Trinajstić information content (AvgIpc) is 2.61. The van der Waals surface area contributed by atoms with Crippen molar-refractivity contribution in [2.45, 2.75) is 6.54 Å². The number of ether oxygens (including phenoxy) is 1. The van der Waals surface area contributed by atoms with Gasteiger partial charge >= 0.3 is 0 Å². The number of para-hydroxylation sites is 2. The molecule has 8 nitrogen and oxygen atoms in total. The molecule has 9 heteroatoms. The second kappa shape index (κ2) is 8.88. The van der Waals surface area contributed by atoms with E-state index in [-0.39, 0.29) is 18.6 Å². The highest BCUT2D eigenvalue weighted by atomic mass is 79.9. The maximum absolute atomic E-state index is 11.8. The van der Waals surface area contributed by atoms with E-state index in [1.54, 1.807) is 24.3 Å². The van der Waals surface area contributed by atoms with Crippen LogP contribution in [-0.4, -0.2) is 30.0 Å². The van der Waals surface area contributed by atoms with Gasteiger partial charge in [-0.05, 0) is 34.1 Å². The Labute approximate surface area is 152 Å². The number of pyridine rings is 1. The fourth-order valence-corrected chi connectivity index (χ4v) is 2.35. The van der Waals surface area contributed by atoms with Crippen molar-refractivity contribution in [2.75, 3.05) is 19.0 Å². The standard InChI is InChI=1S/C16H17BrN4O4/c1-25-13-5-3-2-4-12(13)18-8-14(22)19-20-15(23)10-21-9-11(17)6-7-16(21)24/h2-7,9,18H,8,10H2,1H3,(H,19,22)(H,20,23). The van der Waals surface area contributed by atoms with Crippen LogP contribution in [0.15, 0.2) is 51.9 Å². The Hall–Kier alpha value is -2.81. The highest BCUT2D eigenvalue weighted by molar-refractivity contribution is 9.10. The molecule has 2 rings (SSSR count). The van der Waals surface area contributed by atoms with Crippen molar-refractivity contribution in [3.8, 4) is 5.75 Å². The molecule has 0 aliphatic carbocycles. The summed E-state index contributed by atoms with van der Waals surface area (Å²) >= 11 is 3.22.